The van der Waals surface area contributed by atoms with E-state index in [0.29, 0.717) is 22.0 Å². The zero-order chi connectivity index (χ0) is 24.8. The Morgan fingerprint density at radius 3 is 2.15 bits per heavy atom. The van der Waals surface area contributed by atoms with Gasteiger partial charge in [-0.3, -0.25) is 9.59 Å². The molecule has 0 bridgehead atoms. The number of halogens is 2. The molecule has 0 aliphatic heterocycles. The van der Waals surface area contributed by atoms with Crippen molar-refractivity contribution >= 4 is 46.8 Å². The summed E-state index contributed by atoms with van der Waals surface area (Å²) in [5.41, 5.74) is 3.84. The summed E-state index contributed by atoms with van der Waals surface area (Å²) in [6.45, 7) is 12.0. The minimum atomic E-state index is -0.620. The molecule has 7 heteroatoms. The molecule has 2 aromatic rings. The summed E-state index contributed by atoms with van der Waals surface area (Å²) in [6, 6.07) is 11.0. The van der Waals surface area contributed by atoms with Gasteiger partial charge < -0.3 is 10.2 Å². The minimum absolute atomic E-state index is 0.115. The van der Waals surface area contributed by atoms with Crippen molar-refractivity contribution in [3.8, 4) is 0 Å². The fraction of sp³-hybridized carbons (Fsp3) is 0.462. The first kappa shape index (κ1) is 27.6. The molecule has 2 rings (SSSR count). The summed E-state index contributed by atoms with van der Waals surface area (Å²) in [7, 11) is 0. The quantitative estimate of drug-likeness (QED) is 0.416. The number of rotatable bonds is 9. The maximum atomic E-state index is 13.4. The predicted molar refractivity (Wildman–Crippen MR) is 141 cm³/mol. The molecule has 0 heterocycles. The molecule has 0 saturated heterocycles. The van der Waals surface area contributed by atoms with Crippen molar-refractivity contribution in [1.82, 2.24) is 10.2 Å². The SMILES string of the molecule is CCC(C(=O)NC(C)(C)C)N(Cc1c(Cl)cccc1Cl)C(=O)CSCc1cc(C)cc(C)c1. The molecule has 0 aliphatic carbocycles. The largest absolute Gasteiger partial charge is 0.350 e. The highest BCUT2D eigenvalue weighted by Gasteiger charge is 2.31. The lowest BCUT2D eigenvalue weighted by molar-refractivity contribution is -0.140. The molecular formula is C26H34Cl2N2O2S. The lowest BCUT2D eigenvalue weighted by atomic mass is 10.1. The molecule has 1 N–H and O–H groups in total. The number of benzene rings is 2. The summed E-state index contributed by atoms with van der Waals surface area (Å²) < 4.78 is 0. The highest BCUT2D eigenvalue weighted by atomic mass is 35.5. The number of amides is 2. The van der Waals surface area contributed by atoms with Crippen molar-refractivity contribution in [3.05, 3.63) is 68.7 Å². The third-order valence-electron chi connectivity index (χ3n) is 5.05. The number of aryl methyl sites for hydroxylation is 2. The maximum absolute atomic E-state index is 13.4. The van der Waals surface area contributed by atoms with E-state index in [1.54, 1.807) is 34.9 Å². The number of nitrogens with one attached hydrogen (secondary N) is 1. The van der Waals surface area contributed by atoms with Crippen molar-refractivity contribution in [3.63, 3.8) is 0 Å². The highest BCUT2D eigenvalue weighted by molar-refractivity contribution is 7.99. The molecule has 2 amide bonds. The topological polar surface area (TPSA) is 49.4 Å². The molecule has 0 fully saturated rings. The van der Waals surface area contributed by atoms with Gasteiger partial charge in [0.05, 0.1) is 5.75 Å². The van der Waals surface area contributed by atoms with Crippen LogP contribution in [0.4, 0.5) is 0 Å². The molecule has 0 spiro atoms. The second kappa shape index (κ2) is 12.1. The average Bonchev–Trinajstić information content (AvgIpc) is 2.67. The Balaban J connectivity index is 2.24. The van der Waals surface area contributed by atoms with Crippen LogP contribution in [0.1, 0.15) is 56.4 Å². The number of nitrogens with zero attached hydrogens (tertiary/aromatic N) is 1. The molecule has 0 aromatic heterocycles. The van der Waals surface area contributed by atoms with Gasteiger partial charge in [-0.1, -0.05) is 65.5 Å². The normalized spacial score (nSPS) is 12.4. The summed E-state index contributed by atoms with van der Waals surface area (Å²) in [6.07, 6.45) is 0.484. The van der Waals surface area contributed by atoms with Crippen LogP contribution in [0.5, 0.6) is 0 Å². The zero-order valence-electron chi connectivity index (χ0n) is 20.3. The Morgan fingerprint density at radius 1 is 1.06 bits per heavy atom. The third kappa shape index (κ3) is 8.55. The van der Waals surface area contributed by atoms with Crippen LogP contribution in [-0.2, 0) is 21.9 Å². The van der Waals surface area contributed by atoms with Crippen LogP contribution in [0, 0.1) is 13.8 Å². The van der Waals surface area contributed by atoms with Crippen molar-refractivity contribution in [2.75, 3.05) is 5.75 Å². The van der Waals surface area contributed by atoms with Gasteiger partial charge in [0, 0.05) is 33.4 Å². The molecule has 4 nitrogen and oxygen atoms in total. The van der Waals surface area contributed by atoms with Gasteiger partial charge in [0.2, 0.25) is 11.8 Å². The fourth-order valence-corrected chi connectivity index (χ4v) is 5.08. The average molecular weight is 510 g/mol. The van der Waals surface area contributed by atoms with Gasteiger partial charge in [0.15, 0.2) is 0 Å². The van der Waals surface area contributed by atoms with E-state index in [4.69, 9.17) is 23.2 Å². The van der Waals surface area contributed by atoms with Gasteiger partial charge in [0.25, 0.3) is 0 Å². The van der Waals surface area contributed by atoms with E-state index in [2.05, 4.69) is 37.4 Å². The molecule has 180 valence electrons. The molecule has 1 unspecified atom stereocenters. The van der Waals surface area contributed by atoms with Crippen LogP contribution in [-0.4, -0.2) is 34.0 Å². The number of hydrogen-bond donors (Lipinski definition) is 1. The Bertz CT molecular complexity index is 948. The van der Waals surface area contributed by atoms with E-state index in [0.717, 1.165) is 5.75 Å². The molecule has 0 aliphatic rings. The Kier molecular flexibility index (Phi) is 10.1. The van der Waals surface area contributed by atoms with Crippen LogP contribution in [0.2, 0.25) is 10.0 Å². The Morgan fingerprint density at radius 2 is 1.64 bits per heavy atom. The summed E-state index contributed by atoms with van der Waals surface area (Å²) in [5.74, 6) is 0.686. The molecular weight excluding hydrogens is 475 g/mol. The molecule has 2 aromatic carbocycles. The molecule has 0 radical (unpaired) electrons. The fourth-order valence-electron chi connectivity index (χ4n) is 3.72. The summed E-state index contributed by atoms with van der Waals surface area (Å²) >= 11 is 14.3. The number of hydrogen-bond acceptors (Lipinski definition) is 3. The van der Waals surface area contributed by atoms with Gasteiger partial charge in [-0.15, -0.1) is 11.8 Å². The van der Waals surface area contributed by atoms with Crippen molar-refractivity contribution in [2.24, 2.45) is 0 Å². The number of carbonyl (C=O) groups is 2. The smallest absolute Gasteiger partial charge is 0.243 e. The van der Waals surface area contributed by atoms with E-state index in [-0.39, 0.29) is 24.1 Å². The zero-order valence-corrected chi connectivity index (χ0v) is 22.6. The van der Waals surface area contributed by atoms with Crippen molar-refractivity contribution in [1.29, 1.82) is 0 Å². The number of thioether (sulfide) groups is 1. The highest BCUT2D eigenvalue weighted by Crippen LogP contribution is 2.28. The molecule has 33 heavy (non-hydrogen) atoms. The predicted octanol–water partition coefficient (Wildman–Crippen LogP) is 6.57. The van der Waals surface area contributed by atoms with Crippen molar-refractivity contribution < 1.29 is 9.59 Å². The van der Waals surface area contributed by atoms with Gasteiger partial charge in [-0.25, -0.2) is 0 Å². The first-order valence-electron chi connectivity index (χ1n) is 11.1. The first-order valence-corrected chi connectivity index (χ1v) is 13.0. The van der Waals surface area contributed by atoms with Crippen LogP contribution in [0.15, 0.2) is 36.4 Å². The van der Waals surface area contributed by atoms with Crippen LogP contribution < -0.4 is 5.32 Å². The van der Waals surface area contributed by atoms with Crippen LogP contribution >= 0.6 is 35.0 Å². The van der Waals surface area contributed by atoms with Gasteiger partial charge in [-0.2, -0.15) is 0 Å². The first-order chi connectivity index (χ1) is 15.4. The number of carbonyl (C=O) groups excluding carboxylic acids is 2. The Labute approximate surface area is 212 Å². The van der Waals surface area contributed by atoms with Crippen LogP contribution in [0.25, 0.3) is 0 Å². The lowest BCUT2D eigenvalue weighted by Crippen LogP contribution is -2.53. The van der Waals surface area contributed by atoms with Gasteiger partial charge in [-0.05, 0) is 58.7 Å². The molecule has 0 saturated carbocycles. The van der Waals surface area contributed by atoms with Crippen molar-refractivity contribution in [2.45, 2.75) is 71.8 Å². The minimum Gasteiger partial charge on any atom is -0.350 e. The van der Waals surface area contributed by atoms with E-state index in [1.165, 1.54) is 16.7 Å². The second-order valence-electron chi connectivity index (χ2n) is 9.37. The third-order valence-corrected chi connectivity index (χ3v) is 6.75. The van der Waals surface area contributed by atoms with E-state index in [9.17, 15) is 9.59 Å². The van der Waals surface area contributed by atoms with Gasteiger partial charge in [0.1, 0.15) is 6.04 Å². The maximum Gasteiger partial charge on any atom is 0.243 e. The standard InChI is InChI=1S/C26H34Cl2N2O2S/c1-7-23(25(32)29-26(4,5)6)30(14-20-21(27)9-8-10-22(20)28)24(31)16-33-15-19-12-17(2)11-18(3)13-19/h8-13,23H,7,14-16H2,1-6H3,(H,29,32). The summed E-state index contributed by atoms with van der Waals surface area (Å²) in [4.78, 5) is 28.1. The van der Waals surface area contributed by atoms with Gasteiger partial charge >= 0.3 is 0 Å². The second-order valence-corrected chi connectivity index (χ2v) is 11.2. The summed E-state index contributed by atoms with van der Waals surface area (Å²) in [5, 5.41) is 3.97. The van der Waals surface area contributed by atoms with Crippen LogP contribution in [0.3, 0.4) is 0 Å². The van der Waals surface area contributed by atoms with E-state index >= 15 is 0 Å². The lowest BCUT2D eigenvalue weighted by Gasteiger charge is -2.33. The van der Waals surface area contributed by atoms with E-state index in [1.807, 2.05) is 27.7 Å². The van der Waals surface area contributed by atoms with E-state index < -0.39 is 11.6 Å². The Hall–Kier alpha value is -1.69. The molecule has 1 atom stereocenters. The monoisotopic (exact) mass is 508 g/mol.